The summed E-state index contributed by atoms with van der Waals surface area (Å²) in [5.74, 6) is 2.24. The van der Waals surface area contributed by atoms with Crippen LogP contribution < -0.4 is 21.3 Å². The van der Waals surface area contributed by atoms with Crippen LogP contribution in [0.2, 0.25) is 10.0 Å². The molecule has 4 aromatic rings. The maximum absolute atomic E-state index is 11.6. The fourth-order valence-corrected chi connectivity index (χ4v) is 7.20. The number of benzene rings is 2. The van der Waals surface area contributed by atoms with Gasteiger partial charge in [-0.3, -0.25) is 19.6 Å². The molecular formula is C36H40Cl2N8O2. The molecule has 0 spiro atoms. The Morgan fingerprint density at radius 2 is 1.42 bits per heavy atom. The smallest absolute Gasteiger partial charge is 0.220 e. The van der Waals surface area contributed by atoms with Crippen molar-refractivity contribution in [2.24, 2.45) is 5.92 Å². The monoisotopic (exact) mass is 686 g/mol. The number of halogens is 2. The van der Waals surface area contributed by atoms with Crippen LogP contribution in [0, 0.1) is 5.92 Å². The van der Waals surface area contributed by atoms with Gasteiger partial charge >= 0.3 is 0 Å². The molecular weight excluding hydrogens is 647 g/mol. The number of rotatable bonds is 13. The molecule has 0 radical (unpaired) electrons. The van der Waals surface area contributed by atoms with Crippen LogP contribution in [0.4, 0.5) is 11.6 Å². The second-order valence-electron chi connectivity index (χ2n) is 12.4. The maximum Gasteiger partial charge on any atom is 0.220 e. The Kier molecular flexibility index (Phi) is 10.8. The van der Waals surface area contributed by atoms with Crippen LogP contribution in [0.3, 0.4) is 0 Å². The van der Waals surface area contributed by atoms with Gasteiger partial charge in [0.25, 0.3) is 0 Å². The molecule has 12 heteroatoms. The SMILES string of the molecule is CNc1nc(-c2cccc(-c3cccc(-c4cnc(CNC[C@@H]5CCC(=O)C5)c(NC)n4)c3Cl)c2Cl)cnc1CCC[C@@H]1CCC(=O)N1. The Hall–Kier alpha value is -4.12. The van der Waals surface area contributed by atoms with Gasteiger partial charge in [-0.05, 0) is 44.6 Å². The lowest BCUT2D eigenvalue weighted by Gasteiger charge is -2.16. The molecule has 2 aromatic carbocycles. The maximum atomic E-state index is 11.6. The van der Waals surface area contributed by atoms with E-state index in [0.717, 1.165) is 72.3 Å². The quantitative estimate of drug-likeness (QED) is 0.121. The predicted octanol–water partition coefficient (Wildman–Crippen LogP) is 6.72. The Balaban J connectivity index is 1.20. The zero-order valence-electron chi connectivity index (χ0n) is 27.2. The highest BCUT2D eigenvalue weighted by molar-refractivity contribution is 6.39. The van der Waals surface area contributed by atoms with E-state index >= 15 is 0 Å². The lowest BCUT2D eigenvalue weighted by atomic mass is 9.98. The summed E-state index contributed by atoms with van der Waals surface area (Å²) < 4.78 is 0. The van der Waals surface area contributed by atoms with E-state index in [0.29, 0.717) is 70.6 Å². The molecule has 2 fully saturated rings. The Morgan fingerprint density at radius 3 is 1.98 bits per heavy atom. The van der Waals surface area contributed by atoms with Gasteiger partial charge in [0.2, 0.25) is 5.91 Å². The third-order valence-electron chi connectivity index (χ3n) is 9.13. The summed E-state index contributed by atoms with van der Waals surface area (Å²) in [5, 5.41) is 13.9. The van der Waals surface area contributed by atoms with E-state index in [9.17, 15) is 9.59 Å². The molecule has 1 aliphatic carbocycles. The number of hydrogen-bond donors (Lipinski definition) is 4. The summed E-state index contributed by atoms with van der Waals surface area (Å²) in [6.07, 6.45) is 9.85. The molecule has 2 aliphatic rings. The molecule has 48 heavy (non-hydrogen) atoms. The van der Waals surface area contributed by atoms with E-state index in [2.05, 4.69) is 21.3 Å². The highest BCUT2D eigenvalue weighted by Crippen LogP contribution is 2.42. The molecule has 6 rings (SSSR count). The van der Waals surface area contributed by atoms with Crippen molar-refractivity contribution in [1.29, 1.82) is 0 Å². The number of amides is 1. The largest absolute Gasteiger partial charge is 0.372 e. The number of carbonyl (C=O) groups is 2. The fraction of sp³-hybridized carbons (Fsp3) is 0.389. The number of carbonyl (C=O) groups excluding carboxylic acids is 2. The molecule has 250 valence electrons. The molecule has 1 aliphatic heterocycles. The topological polar surface area (TPSA) is 134 Å². The number of nitrogens with zero attached hydrogens (tertiary/aromatic N) is 4. The van der Waals surface area contributed by atoms with Crippen LogP contribution in [0.25, 0.3) is 33.6 Å². The summed E-state index contributed by atoms with van der Waals surface area (Å²) in [7, 11) is 3.66. The predicted molar refractivity (Wildman–Crippen MR) is 191 cm³/mol. The minimum Gasteiger partial charge on any atom is -0.372 e. The second-order valence-corrected chi connectivity index (χ2v) is 13.2. The van der Waals surface area contributed by atoms with Crippen LogP contribution in [0.1, 0.15) is 56.3 Å². The number of hydrogen-bond acceptors (Lipinski definition) is 9. The van der Waals surface area contributed by atoms with E-state index in [-0.39, 0.29) is 11.9 Å². The summed E-state index contributed by atoms with van der Waals surface area (Å²) in [5.41, 5.74) is 5.98. The molecule has 0 bridgehead atoms. The van der Waals surface area contributed by atoms with Gasteiger partial charge in [0.05, 0.1) is 45.2 Å². The van der Waals surface area contributed by atoms with Gasteiger partial charge in [0, 0.05) is 68.2 Å². The molecule has 1 amide bonds. The van der Waals surface area contributed by atoms with E-state index in [1.165, 1.54) is 0 Å². The summed E-state index contributed by atoms with van der Waals surface area (Å²) in [4.78, 5) is 42.3. The highest BCUT2D eigenvalue weighted by Gasteiger charge is 2.23. The average molecular weight is 688 g/mol. The lowest BCUT2D eigenvalue weighted by molar-refractivity contribution is -0.119. The summed E-state index contributed by atoms with van der Waals surface area (Å²) in [6, 6.07) is 11.8. The van der Waals surface area contributed by atoms with E-state index in [1.54, 1.807) is 12.4 Å². The zero-order valence-corrected chi connectivity index (χ0v) is 28.7. The number of Topliss-reactive ketones (excluding diaryl/α,β-unsaturated/α-hetero) is 1. The minimum absolute atomic E-state index is 0.136. The first kappa shape index (κ1) is 33.8. The van der Waals surface area contributed by atoms with Crippen LogP contribution in [0.15, 0.2) is 48.8 Å². The molecule has 3 heterocycles. The average Bonchev–Trinajstić information content (AvgIpc) is 3.72. The lowest BCUT2D eigenvalue weighted by Crippen LogP contribution is -2.25. The minimum atomic E-state index is 0.136. The van der Waals surface area contributed by atoms with Crippen molar-refractivity contribution in [3.05, 3.63) is 70.2 Å². The summed E-state index contributed by atoms with van der Waals surface area (Å²) >= 11 is 14.2. The summed E-state index contributed by atoms with van der Waals surface area (Å²) in [6.45, 7) is 1.32. The van der Waals surface area contributed by atoms with Gasteiger partial charge in [-0.15, -0.1) is 0 Å². The number of aryl methyl sites for hydroxylation is 1. The molecule has 10 nitrogen and oxygen atoms in total. The van der Waals surface area contributed by atoms with E-state index in [1.807, 2.05) is 50.5 Å². The van der Waals surface area contributed by atoms with Crippen LogP contribution in [-0.2, 0) is 22.6 Å². The van der Waals surface area contributed by atoms with Crippen molar-refractivity contribution in [3.8, 4) is 33.6 Å². The van der Waals surface area contributed by atoms with Crippen molar-refractivity contribution in [1.82, 2.24) is 30.6 Å². The normalized spacial score (nSPS) is 17.5. The third-order valence-corrected chi connectivity index (χ3v) is 9.95. The molecule has 1 saturated heterocycles. The third kappa shape index (κ3) is 7.61. The number of ketones is 1. The van der Waals surface area contributed by atoms with Gasteiger partial charge in [-0.1, -0.05) is 59.6 Å². The molecule has 2 atom stereocenters. The van der Waals surface area contributed by atoms with Crippen LogP contribution in [0.5, 0.6) is 0 Å². The van der Waals surface area contributed by atoms with Gasteiger partial charge in [-0.25, -0.2) is 9.97 Å². The Morgan fingerprint density at radius 1 is 0.812 bits per heavy atom. The van der Waals surface area contributed by atoms with Gasteiger partial charge in [0.15, 0.2) is 0 Å². The van der Waals surface area contributed by atoms with E-state index < -0.39 is 0 Å². The highest BCUT2D eigenvalue weighted by atomic mass is 35.5. The Labute approximate surface area is 290 Å². The van der Waals surface area contributed by atoms with Gasteiger partial charge in [-0.2, -0.15) is 0 Å². The van der Waals surface area contributed by atoms with Crippen LogP contribution in [-0.4, -0.2) is 58.3 Å². The molecule has 1 saturated carbocycles. The number of anilines is 2. The first-order chi connectivity index (χ1) is 23.3. The van der Waals surface area contributed by atoms with Gasteiger partial charge < -0.3 is 21.3 Å². The standard InChI is InChI=1S/C36H40Cl2N8O2/c1-39-35-28(11-3-6-22-13-15-32(48)44-22)42-19-29(45-35)26-9-4-7-24(33(26)37)25-8-5-10-27(34(25)38)30-20-43-31(36(40-2)46-30)18-41-17-21-12-14-23(47)16-21/h4-5,7-10,19-22,41H,3,6,11-18H2,1-2H3,(H,39,45)(H,40,46)(H,44,48)/t21-,22-/m1/s1. The Bertz CT molecular complexity index is 1690. The van der Waals surface area contributed by atoms with Crippen molar-refractivity contribution in [3.63, 3.8) is 0 Å². The number of aromatic nitrogens is 4. The van der Waals surface area contributed by atoms with Crippen molar-refractivity contribution >= 4 is 46.5 Å². The van der Waals surface area contributed by atoms with Crippen molar-refractivity contribution in [2.45, 2.75) is 64.0 Å². The molecule has 2 aromatic heterocycles. The fourth-order valence-electron chi connectivity index (χ4n) is 6.55. The molecule has 0 unspecified atom stereocenters. The van der Waals surface area contributed by atoms with Crippen LogP contribution >= 0.6 is 23.2 Å². The first-order valence-corrected chi connectivity index (χ1v) is 17.3. The van der Waals surface area contributed by atoms with E-state index in [4.69, 9.17) is 43.1 Å². The second kappa shape index (κ2) is 15.4. The van der Waals surface area contributed by atoms with Crippen molar-refractivity contribution in [2.75, 3.05) is 31.3 Å². The van der Waals surface area contributed by atoms with Crippen molar-refractivity contribution < 1.29 is 9.59 Å². The molecule has 4 N–H and O–H groups in total. The zero-order chi connectivity index (χ0) is 33.6. The van der Waals surface area contributed by atoms with Gasteiger partial charge in [0.1, 0.15) is 17.4 Å². The first-order valence-electron chi connectivity index (χ1n) is 16.5. The number of nitrogens with one attached hydrogen (secondary N) is 4.